The minimum atomic E-state index is -0.383. The van der Waals surface area contributed by atoms with E-state index >= 15 is 0 Å². The summed E-state index contributed by atoms with van der Waals surface area (Å²) in [5.41, 5.74) is 2.68. The van der Waals surface area contributed by atoms with Gasteiger partial charge in [-0.2, -0.15) is 10.2 Å². The molecule has 0 radical (unpaired) electrons. The number of esters is 1. The summed E-state index contributed by atoms with van der Waals surface area (Å²) in [7, 11) is 1.85. The van der Waals surface area contributed by atoms with Crippen LogP contribution in [-0.2, 0) is 27.9 Å². The number of hydrogen-bond donors (Lipinski definition) is 1. The molecule has 8 nitrogen and oxygen atoms in total. The molecule has 3 rings (SSSR count). The highest BCUT2D eigenvalue weighted by molar-refractivity contribution is 8.00. The Bertz CT molecular complexity index is 782. The van der Waals surface area contributed by atoms with E-state index in [-0.39, 0.29) is 23.7 Å². The number of amides is 1. The maximum Gasteiger partial charge on any atom is 0.327 e. The van der Waals surface area contributed by atoms with E-state index in [9.17, 15) is 9.59 Å². The Balaban J connectivity index is 2.03. The van der Waals surface area contributed by atoms with E-state index in [2.05, 4.69) is 15.5 Å². The monoisotopic (exact) mass is 349 g/mol. The number of carbonyl (C=O) groups is 2. The summed E-state index contributed by atoms with van der Waals surface area (Å²) in [5, 5.41) is 11.5. The number of hydrogen-bond acceptors (Lipinski definition) is 6. The van der Waals surface area contributed by atoms with Crippen molar-refractivity contribution < 1.29 is 14.3 Å². The van der Waals surface area contributed by atoms with Crippen LogP contribution in [0.3, 0.4) is 0 Å². The number of fused-ring (bicyclic) bond motifs is 1. The Morgan fingerprint density at radius 1 is 1.54 bits per heavy atom. The number of nitrogens with zero attached hydrogens (tertiary/aromatic N) is 4. The molecule has 0 saturated heterocycles. The average molecular weight is 349 g/mol. The van der Waals surface area contributed by atoms with Gasteiger partial charge in [0.05, 0.1) is 29.5 Å². The fraction of sp³-hybridized carbons (Fsp3) is 0.467. The van der Waals surface area contributed by atoms with Crippen LogP contribution in [0.15, 0.2) is 12.4 Å². The molecule has 2 aromatic heterocycles. The maximum atomic E-state index is 12.1. The molecule has 2 aromatic rings. The summed E-state index contributed by atoms with van der Waals surface area (Å²) < 4.78 is 8.23. The number of ether oxygens (including phenoxy) is 1. The van der Waals surface area contributed by atoms with Crippen LogP contribution in [0, 0.1) is 6.92 Å². The van der Waals surface area contributed by atoms with E-state index in [1.807, 2.05) is 20.2 Å². The highest BCUT2D eigenvalue weighted by atomic mass is 32.2. The van der Waals surface area contributed by atoms with Gasteiger partial charge < -0.3 is 10.1 Å². The molecular weight excluding hydrogens is 330 g/mol. The molecule has 1 atom stereocenters. The molecule has 0 aromatic carbocycles. The van der Waals surface area contributed by atoms with Crippen molar-refractivity contribution in [1.82, 2.24) is 19.6 Å². The van der Waals surface area contributed by atoms with Crippen LogP contribution in [0.25, 0.3) is 0 Å². The molecule has 3 heterocycles. The molecule has 9 heteroatoms. The smallest absolute Gasteiger partial charge is 0.327 e. The molecule has 1 N–H and O–H groups in total. The van der Waals surface area contributed by atoms with Gasteiger partial charge in [-0.05, 0) is 13.8 Å². The Morgan fingerprint density at radius 3 is 3.00 bits per heavy atom. The van der Waals surface area contributed by atoms with Crippen molar-refractivity contribution in [2.45, 2.75) is 25.6 Å². The molecule has 128 valence electrons. The third kappa shape index (κ3) is 3.16. The van der Waals surface area contributed by atoms with Gasteiger partial charge in [0.25, 0.3) is 0 Å². The molecule has 1 amide bonds. The Labute approximate surface area is 143 Å². The van der Waals surface area contributed by atoms with Gasteiger partial charge in [-0.3, -0.25) is 14.3 Å². The lowest BCUT2D eigenvalue weighted by Crippen LogP contribution is -2.20. The van der Waals surface area contributed by atoms with Crippen molar-refractivity contribution in [2.75, 3.05) is 17.7 Å². The number of nitrogens with one attached hydrogen (secondary N) is 1. The molecule has 0 saturated carbocycles. The number of rotatable bonds is 4. The van der Waals surface area contributed by atoms with Gasteiger partial charge in [0, 0.05) is 24.4 Å². The third-order valence-electron chi connectivity index (χ3n) is 3.69. The first-order chi connectivity index (χ1) is 11.5. The molecule has 0 bridgehead atoms. The standard InChI is InChI=1S/C15H19N5O3S/c1-4-23-12(22)7-20-15-13(9(2)18-20)14(24-8-11(21)17-15)10-5-16-19(3)6-10/h5-6,14H,4,7-8H2,1-3H3,(H,17,21). The second-order valence-corrected chi connectivity index (χ2v) is 6.59. The number of aryl methyl sites for hydroxylation is 2. The van der Waals surface area contributed by atoms with E-state index in [1.54, 1.807) is 17.8 Å². The molecule has 0 aliphatic carbocycles. The summed E-state index contributed by atoms with van der Waals surface area (Å²) in [6, 6.07) is 0. The van der Waals surface area contributed by atoms with Gasteiger partial charge in [-0.1, -0.05) is 0 Å². The summed E-state index contributed by atoms with van der Waals surface area (Å²) >= 11 is 1.52. The molecule has 0 spiro atoms. The predicted molar refractivity (Wildman–Crippen MR) is 89.7 cm³/mol. The lowest BCUT2D eigenvalue weighted by atomic mass is 10.1. The predicted octanol–water partition coefficient (Wildman–Crippen LogP) is 1.26. The minimum absolute atomic E-state index is 0.0330. The second-order valence-electron chi connectivity index (χ2n) is 5.50. The first-order valence-corrected chi connectivity index (χ1v) is 8.67. The van der Waals surface area contributed by atoms with Gasteiger partial charge in [-0.25, -0.2) is 4.68 Å². The number of thioether (sulfide) groups is 1. The number of aromatic nitrogens is 4. The van der Waals surface area contributed by atoms with Crippen LogP contribution >= 0.6 is 11.8 Å². The highest BCUT2D eigenvalue weighted by Crippen LogP contribution is 2.42. The zero-order valence-corrected chi connectivity index (χ0v) is 14.6. The summed E-state index contributed by atoms with van der Waals surface area (Å²) in [4.78, 5) is 23.9. The zero-order chi connectivity index (χ0) is 17.3. The molecule has 0 fully saturated rings. The molecule has 1 aliphatic rings. The van der Waals surface area contributed by atoms with Gasteiger partial charge in [0.1, 0.15) is 12.4 Å². The Morgan fingerprint density at radius 2 is 2.33 bits per heavy atom. The fourth-order valence-corrected chi connectivity index (χ4v) is 3.89. The van der Waals surface area contributed by atoms with Crippen LogP contribution in [-0.4, -0.2) is 43.8 Å². The van der Waals surface area contributed by atoms with Gasteiger partial charge in [-0.15, -0.1) is 11.8 Å². The first-order valence-electron chi connectivity index (χ1n) is 7.62. The van der Waals surface area contributed by atoms with E-state index in [0.29, 0.717) is 18.2 Å². The number of carbonyl (C=O) groups excluding carboxylic acids is 2. The molecule has 1 unspecified atom stereocenters. The SMILES string of the molecule is CCOC(=O)Cn1nc(C)c2c1NC(=O)CSC2c1cnn(C)c1. The van der Waals surface area contributed by atoms with Gasteiger partial charge in [0.2, 0.25) is 5.91 Å². The zero-order valence-electron chi connectivity index (χ0n) is 13.8. The van der Waals surface area contributed by atoms with Gasteiger partial charge in [0.15, 0.2) is 0 Å². The van der Waals surface area contributed by atoms with Crippen LogP contribution in [0.4, 0.5) is 5.82 Å². The van der Waals surface area contributed by atoms with Crippen LogP contribution in [0.5, 0.6) is 0 Å². The summed E-state index contributed by atoms with van der Waals surface area (Å²) in [5.74, 6) is 0.390. The number of anilines is 1. The minimum Gasteiger partial charge on any atom is -0.465 e. The van der Waals surface area contributed by atoms with E-state index in [4.69, 9.17) is 4.74 Å². The normalized spacial score (nSPS) is 17.1. The van der Waals surface area contributed by atoms with Crippen molar-refractivity contribution >= 4 is 29.5 Å². The molecule has 24 heavy (non-hydrogen) atoms. The van der Waals surface area contributed by atoms with E-state index in [1.165, 1.54) is 16.4 Å². The van der Waals surface area contributed by atoms with E-state index < -0.39 is 0 Å². The van der Waals surface area contributed by atoms with Crippen molar-refractivity contribution in [1.29, 1.82) is 0 Å². The third-order valence-corrected chi connectivity index (χ3v) is 4.96. The van der Waals surface area contributed by atoms with E-state index in [0.717, 1.165) is 16.8 Å². The van der Waals surface area contributed by atoms with Crippen LogP contribution < -0.4 is 5.32 Å². The van der Waals surface area contributed by atoms with Crippen LogP contribution in [0.2, 0.25) is 0 Å². The molecule has 1 aliphatic heterocycles. The summed E-state index contributed by atoms with van der Waals surface area (Å²) in [6.07, 6.45) is 3.72. The van der Waals surface area contributed by atoms with Crippen molar-refractivity contribution in [3.63, 3.8) is 0 Å². The van der Waals surface area contributed by atoms with Crippen LogP contribution in [0.1, 0.15) is 29.0 Å². The lowest BCUT2D eigenvalue weighted by molar-refractivity contribution is -0.144. The second kappa shape index (κ2) is 6.68. The maximum absolute atomic E-state index is 12.1. The largest absolute Gasteiger partial charge is 0.465 e. The Kier molecular flexibility index (Phi) is 4.61. The lowest BCUT2D eigenvalue weighted by Gasteiger charge is -2.12. The van der Waals surface area contributed by atoms with Crippen molar-refractivity contribution in [2.24, 2.45) is 7.05 Å². The highest BCUT2D eigenvalue weighted by Gasteiger charge is 2.31. The quantitative estimate of drug-likeness (QED) is 0.836. The first kappa shape index (κ1) is 16.6. The topological polar surface area (TPSA) is 91.0 Å². The fourth-order valence-electron chi connectivity index (χ4n) is 2.73. The average Bonchev–Trinajstić information content (AvgIpc) is 3.00. The van der Waals surface area contributed by atoms with Crippen molar-refractivity contribution in [3.8, 4) is 0 Å². The Hall–Kier alpha value is -2.29. The van der Waals surface area contributed by atoms with Crippen molar-refractivity contribution in [3.05, 3.63) is 29.2 Å². The van der Waals surface area contributed by atoms with Gasteiger partial charge >= 0.3 is 5.97 Å². The molecular formula is C15H19N5O3S. The summed E-state index contributed by atoms with van der Waals surface area (Å²) in [6.45, 7) is 3.90.